The Kier molecular flexibility index (Phi) is 3.75. The van der Waals surface area contributed by atoms with Gasteiger partial charge in [-0.15, -0.1) is 0 Å². The Balaban J connectivity index is 2.23. The quantitative estimate of drug-likeness (QED) is 0.855. The molecule has 1 heterocycles. The van der Waals surface area contributed by atoms with Crippen LogP contribution in [0, 0.1) is 11.3 Å². The van der Waals surface area contributed by atoms with Crippen LogP contribution in [-0.4, -0.2) is 33.0 Å². The summed E-state index contributed by atoms with van der Waals surface area (Å²) < 4.78 is 31.5. The molecule has 1 aliphatic carbocycles. The van der Waals surface area contributed by atoms with E-state index >= 15 is 0 Å². The largest absolute Gasteiger partial charge is 0.493 e. The van der Waals surface area contributed by atoms with Gasteiger partial charge in [-0.1, -0.05) is 20.8 Å². The molecule has 0 aromatic rings. The van der Waals surface area contributed by atoms with Gasteiger partial charge in [-0.3, -0.25) is 4.99 Å². The van der Waals surface area contributed by atoms with Crippen LogP contribution in [0.25, 0.3) is 0 Å². The Hall–Kier alpha value is -0.880. The number of hydrogen-bond donors (Lipinski definition) is 1. The van der Waals surface area contributed by atoms with E-state index in [1.807, 2.05) is 0 Å². The third-order valence-electron chi connectivity index (χ3n) is 3.22. The Labute approximate surface area is 115 Å². The molecule has 2 aliphatic rings. The second-order valence-corrected chi connectivity index (χ2v) is 8.19. The number of ether oxygens (including phenoxy) is 1. The van der Waals surface area contributed by atoms with Crippen molar-refractivity contribution in [3.63, 3.8) is 0 Å². The van der Waals surface area contributed by atoms with Crippen LogP contribution in [0.4, 0.5) is 0 Å². The molecule has 2 unspecified atom stereocenters. The van der Waals surface area contributed by atoms with Crippen molar-refractivity contribution in [3.05, 3.63) is 12.0 Å². The lowest BCUT2D eigenvalue weighted by Gasteiger charge is -2.38. The Bertz CT molecular complexity index is 498. The van der Waals surface area contributed by atoms with Gasteiger partial charge >= 0.3 is 0 Å². The number of rotatable bonds is 4. The molecule has 5 nitrogen and oxygen atoms in total. The highest BCUT2D eigenvalue weighted by Crippen LogP contribution is 2.39. The van der Waals surface area contributed by atoms with E-state index in [2.05, 4.69) is 30.5 Å². The minimum absolute atomic E-state index is 0.0414. The standard InChI is InChI=1S/C13H22N2O3S/c1-13(2,3)12-10(15-19(4,16)17)7-14-8-11(12)18-9-5-6-9/h7-10,12,15H,5-6H2,1-4H3. The first-order valence-corrected chi connectivity index (χ1v) is 8.43. The lowest BCUT2D eigenvalue weighted by molar-refractivity contribution is 0.109. The second-order valence-electron chi connectivity index (χ2n) is 6.41. The summed E-state index contributed by atoms with van der Waals surface area (Å²) in [6.45, 7) is 6.24. The van der Waals surface area contributed by atoms with Crippen molar-refractivity contribution in [2.75, 3.05) is 6.26 Å². The molecule has 108 valence electrons. The number of nitrogens with one attached hydrogen (secondary N) is 1. The highest BCUT2D eigenvalue weighted by atomic mass is 32.2. The first-order chi connectivity index (χ1) is 8.67. The third-order valence-corrected chi connectivity index (χ3v) is 3.92. The summed E-state index contributed by atoms with van der Waals surface area (Å²) >= 11 is 0. The fraction of sp³-hybridized carbons (Fsp3) is 0.769. The molecule has 0 bridgehead atoms. The van der Waals surface area contributed by atoms with Crippen molar-refractivity contribution in [2.45, 2.75) is 45.8 Å². The molecule has 2 rings (SSSR count). The number of aliphatic imine (C=N–C) groups is 1. The van der Waals surface area contributed by atoms with Gasteiger partial charge < -0.3 is 4.74 Å². The minimum Gasteiger partial charge on any atom is -0.493 e. The summed E-state index contributed by atoms with van der Waals surface area (Å²) in [6.07, 6.45) is 6.96. The first-order valence-electron chi connectivity index (χ1n) is 6.54. The minimum atomic E-state index is -3.28. The van der Waals surface area contributed by atoms with Gasteiger partial charge in [0.25, 0.3) is 0 Å². The molecule has 6 heteroatoms. The number of nitrogens with zero attached hydrogens (tertiary/aromatic N) is 1. The molecule has 0 radical (unpaired) electrons. The average Bonchev–Trinajstić information content (AvgIpc) is 2.97. The second kappa shape index (κ2) is 4.90. The summed E-state index contributed by atoms with van der Waals surface area (Å²) in [7, 11) is -3.28. The third kappa shape index (κ3) is 4.04. The van der Waals surface area contributed by atoms with Gasteiger partial charge in [0, 0.05) is 12.1 Å². The molecule has 0 aromatic carbocycles. The van der Waals surface area contributed by atoms with E-state index in [1.165, 1.54) is 6.26 Å². The van der Waals surface area contributed by atoms with Gasteiger partial charge in [0.2, 0.25) is 10.0 Å². The summed E-state index contributed by atoms with van der Waals surface area (Å²) in [5.41, 5.74) is -0.116. The molecule has 0 amide bonds. The zero-order valence-corrected chi connectivity index (χ0v) is 12.7. The van der Waals surface area contributed by atoms with E-state index in [-0.39, 0.29) is 23.5 Å². The van der Waals surface area contributed by atoms with E-state index < -0.39 is 10.0 Å². The molecule has 0 aromatic heterocycles. The zero-order valence-electron chi connectivity index (χ0n) is 11.9. The fourth-order valence-corrected chi connectivity index (χ4v) is 3.04. The molecule has 19 heavy (non-hydrogen) atoms. The van der Waals surface area contributed by atoms with Crippen molar-refractivity contribution in [3.8, 4) is 0 Å². The van der Waals surface area contributed by atoms with Crippen molar-refractivity contribution < 1.29 is 13.2 Å². The van der Waals surface area contributed by atoms with Gasteiger partial charge in [0.05, 0.1) is 24.6 Å². The maximum atomic E-state index is 11.5. The highest BCUT2D eigenvalue weighted by Gasteiger charge is 2.40. The van der Waals surface area contributed by atoms with Crippen LogP contribution < -0.4 is 4.72 Å². The SMILES string of the molecule is CC(C)(C)C1C(OC2CC2)=CN=CC1NS(C)(=O)=O. The molecule has 1 aliphatic heterocycles. The lowest BCUT2D eigenvalue weighted by atomic mass is 9.75. The maximum Gasteiger partial charge on any atom is 0.209 e. The Morgan fingerprint density at radius 1 is 1.37 bits per heavy atom. The van der Waals surface area contributed by atoms with Crippen LogP contribution in [0.3, 0.4) is 0 Å². The van der Waals surface area contributed by atoms with Crippen LogP contribution in [0.15, 0.2) is 17.0 Å². The predicted molar refractivity (Wildman–Crippen MR) is 75.4 cm³/mol. The molecule has 1 N–H and O–H groups in total. The van der Waals surface area contributed by atoms with E-state index in [0.29, 0.717) is 0 Å². The molecular formula is C13H22N2O3S. The van der Waals surface area contributed by atoms with E-state index in [0.717, 1.165) is 18.6 Å². The van der Waals surface area contributed by atoms with Gasteiger partial charge in [-0.05, 0) is 18.3 Å². The highest BCUT2D eigenvalue weighted by molar-refractivity contribution is 7.88. The van der Waals surface area contributed by atoms with Crippen LogP contribution in [0.5, 0.6) is 0 Å². The Morgan fingerprint density at radius 3 is 2.47 bits per heavy atom. The van der Waals surface area contributed by atoms with Gasteiger partial charge in [-0.25, -0.2) is 13.1 Å². The summed E-state index contributed by atoms with van der Waals surface area (Å²) in [5, 5.41) is 0. The van der Waals surface area contributed by atoms with Gasteiger partial charge in [0.1, 0.15) is 5.76 Å². The molecule has 2 atom stereocenters. The average molecular weight is 286 g/mol. The van der Waals surface area contributed by atoms with Crippen molar-refractivity contribution >= 4 is 16.2 Å². The Morgan fingerprint density at radius 2 is 2.00 bits per heavy atom. The summed E-state index contributed by atoms with van der Waals surface area (Å²) in [5.74, 6) is 0.749. The van der Waals surface area contributed by atoms with Crippen molar-refractivity contribution in [1.29, 1.82) is 0 Å². The summed E-state index contributed by atoms with van der Waals surface area (Å²) in [4.78, 5) is 4.13. The molecular weight excluding hydrogens is 264 g/mol. The fourth-order valence-electron chi connectivity index (χ4n) is 2.35. The van der Waals surface area contributed by atoms with Crippen molar-refractivity contribution in [2.24, 2.45) is 16.3 Å². The van der Waals surface area contributed by atoms with Gasteiger partial charge in [-0.2, -0.15) is 0 Å². The van der Waals surface area contributed by atoms with E-state index in [4.69, 9.17) is 4.74 Å². The normalized spacial score (nSPS) is 28.1. The smallest absolute Gasteiger partial charge is 0.209 e. The maximum absolute atomic E-state index is 11.5. The monoisotopic (exact) mass is 286 g/mol. The van der Waals surface area contributed by atoms with Gasteiger partial charge in [0.15, 0.2) is 0 Å². The lowest BCUT2D eigenvalue weighted by Crippen LogP contribution is -2.48. The number of sulfonamides is 1. The van der Waals surface area contributed by atoms with Crippen LogP contribution in [0.1, 0.15) is 33.6 Å². The number of hydrogen-bond acceptors (Lipinski definition) is 4. The molecule has 1 fully saturated rings. The zero-order chi connectivity index (χ0) is 14.3. The molecule has 0 spiro atoms. The van der Waals surface area contributed by atoms with Crippen LogP contribution in [-0.2, 0) is 14.8 Å². The van der Waals surface area contributed by atoms with Crippen molar-refractivity contribution in [1.82, 2.24) is 4.72 Å². The topological polar surface area (TPSA) is 67.8 Å². The first kappa shape index (κ1) is 14.5. The van der Waals surface area contributed by atoms with Crippen LogP contribution in [0.2, 0.25) is 0 Å². The summed E-state index contributed by atoms with van der Waals surface area (Å²) in [6, 6.07) is -0.353. The molecule has 0 saturated heterocycles. The van der Waals surface area contributed by atoms with E-state index in [9.17, 15) is 8.42 Å². The van der Waals surface area contributed by atoms with E-state index in [1.54, 1.807) is 12.4 Å². The molecule has 1 saturated carbocycles. The predicted octanol–water partition coefficient (Wildman–Crippen LogP) is 1.67. The van der Waals surface area contributed by atoms with Crippen LogP contribution >= 0.6 is 0 Å².